The van der Waals surface area contributed by atoms with Crippen molar-refractivity contribution in [2.24, 2.45) is 0 Å². The van der Waals surface area contributed by atoms with Crippen LogP contribution in [-0.4, -0.2) is 33.0 Å². The van der Waals surface area contributed by atoms with Crippen molar-refractivity contribution in [3.05, 3.63) is 65.8 Å². The summed E-state index contributed by atoms with van der Waals surface area (Å²) in [4.78, 5) is 22.3. The molecule has 0 aliphatic heterocycles. The number of aryl methyl sites for hydroxylation is 2. The lowest BCUT2D eigenvalue weighted by atomic mass is 10.1. The Hall–Kier alpha value is -3.02. The summed E-state index contributed by atoms with van der Waals surface area (Å²) in [7, 11) is 1.80. The van der Waals surface area contributed by atoms with Gasteiger partial charge in [-0.25, -0.2) is 0 Å². The molecule has 0 aliphatic rings. The molecule has 0 unspecified atom stereocenters. The Bertz CT molecular complexity index is 828. The van der Waals surface area contributed by atoms with E-state index in [1.165, 1.54) is 5.56 Å². The van der Waals surface area contributed by atoms with Gasteiger partial charge in [-0.2, -0.15) is 4.98 Å². The second-order valence-electron chi connectivity index (χ2n) is 5.98. The number of rotatable bonds is 6. The summed E-state index contributed by atoms with van der Waals surface area (Å²) in [5, 5.41) is 3.95. The van der Waals surface area contributed by atoms with Gasteiger partial charge in [-0.15, -0.1) is 0 Å². The Balaban J connectivity index is 1.53. The molecule has 0 bridgehead atoms. The molecule has 0 atom stereocenters. The van der Waals surface area contributed by atoms with Crippen LogP contribution in [0.3, 0.4) is 0 Å². The fourth-order valence-electron chi connectivity index (χ4n) is 2.43. The minimum Gasteiger partial charge on any atom is -0.341 e. The normalized spacial score (nSPS) is 10.6. The Morgan fingerprint density at radius 2 is 1.84 bits per heavy atom. The maximum Gasteiger partial charge on any atom is 0.227 e. The van der Waals surface area contributed by atoms with E-state index in [1.54, 1.807) is 24.3 Å². The highest BCUT2D eigenvalue weighted by Crippen LogP contribution is 2.15. The Morgan fingerprint density at radius 1 is 1.12 bits per heavy atom. The van der Waals surface area contributed by atoms with E-state index in [2.05, 4.69) is 15.1 Å². The monoisotopic (exact) mass is 336 g/mol. The molecule has 2 aromatic heterocycles. The third kappa shape index (κ3) is 4.50. The molecular formula is C19H20N4O2. The highest BCUT2D eigenvalue weighted by molar-refractivity contribution is 5.76. The van der Waals surface area contributed by atoms with Gasteiger partial charge in [0, 0.05) is 44.4 Å². The third-order valence-corrected chi connectivity index (χ3v) is 3.93. The first kappa shape index (κ1) is 16.8. The molecule has 2 heterocycles. The van der Waals surface area contributed by atoms with Crippen LogP contribution >= 0.6 is 0 Å². The number of carbonyl (C=O) groups is 1. The first-order chi connectivity index (χ1) is 12.1. The number of nitrogens with zero attached hydrogens (tertiary/aromatic N) is 4. The van der Waals surface area contributed by atoms with Crippen LogP contribution in [-0.2, 0) is 17.8 Å². The van der Waals surface area contributed by atoms with Crippen molar-refractivity contribution in [2.45, 2.75) is 26.3 Å². The van der Waals surface area contributed by atoms with Crippen molar-refractivity contribution in [3.8, 4) is 11.4 Å². The van der Waals surface area contributed by atoms with Crippen LogP contribution in [0.2, 0.25) is 0 Å². The van der Waals surface area contributed by atoms with Crippen LogP contribution in [0.1, 0.15) is 23.4 Å². The van der Waals surface area contributed by atoms with Gasteiger partial charge in [-0.05, 0) is 24.6 Å². The Kier molecular flexibility index (Phi) is 5.18. The summed E-state index contributed by atoms with van der Waals surface area (Å²) in [6.07, 6.45) is 4.11. The van der Waals surface area contributed by atoms with E-state index in [0.29, 0.717) is 31.1 Å². The summed E-state index contributed by atoms with van der Waals surface area (Å²) in [6, 6.07) is 11.8. The number of pyridine rings is 1. The SMILES string of the molecule is Cc1ccc(CN(C)C(=O)CCc2nc(-c3ccncc3)no2)cc1. The van der Waals surface area contributed by atoms with Crippen molar-refractivity contribution in [2.75, 3.05) is 7.05 Å². The largest absolute Gasteiger partial charge is 0.341 e. The second kappa shape index (κ2) is 7.70. The predicted octanol–water partition coefficient (Wildman–Crippen LogP) is 3.03. The minimum atomic E-state index is 0.0456. The van der Waals surface area contributed by atoms with E-state index in [-0.39, 0.29) is 5.91 Å². The van der Waals surface area contributed by atoms with E-state index >= 15 is 0 Å². The lowest BCUT2D eigenvalue weighted by molar-refractivity contribution is -0.130. The van der Waals surface area contributed by atoms with Gasteiger partial charge in [-0.1, -0.05) is 35.0 Å². The van der Waals surface area contributed by atoms with Gasteiger partial charge in [0.05, 0.1) is 0 Å². The maximum absolute atomic E-state index is 12.3. The predicted molar refractivity (Wildman–Crippen MR) is 93.5 cm³/mol. The van der Waals surface area contributed by atoms with Crippen LogP contribution in [0.4, 0.5) is 0 Å². The zero-order valence-corrected chi connectivity index (χ0v) is 14.3. The van der Waals surface area contributed by atoms with Gasteiger partial charge in [-0.3, -0.25) is 9.78 Å². The zero-order valence-electron chi connectivity index (χ0n) is 14.3. The van der Waals surface area contributed by atoms with E-state index in [1.807, 2.05) is 43.3 Å². The number of benzene rings is 1. The maximum atomic E-state index is 12.3. The smallest absolute Gasteiger partial charge is 0.227 e. The van der Waals surface area contributed by atoms with Crippen molar-refractivity contribution in [1.82, 2.24) is 20.0 Å². The Labute approximate surface area is 146 Å². The molecule has 0 radical (unpaired) electrons. The second-order valence-corrected chi connectivity index (χ2v) is 5.98. The van der Waals surface area contributed by atoms with Crippen molar-refractivity contribution in [3.63, 3.8) is 0 Å². The molecular weight excluding hydrogens is 316 g/mol. The lowest BCUT2D eigenvalue weighted by Gasteiger charge is -2.17. The zero-order chi connectivity index (χ0) is 17.6. The third-order valence-electron chi connectivity index (χ3n) is 3.93. The van der Waals surface area contributed by atoms with Crippen molar-refractivity contribution >= 4 is 5.91 Å². The summed E-state index contributed by atoms with van der Waals surface area (Å²) < 4.78 is 5.23. The topological polar surface area (TPSA) is 72.1 Å². The van der Waals surface area contributed by atoms with Gasteiger partial charge in [0.15, 0.2) is 0 Å². The average Bonchev–Trinajstić information content (AvgIpc) is 3.11. The van der Waals surface area contributed by atoms with Gasteiger partial charge < -0.3 is 9.42 Å². The number of amides is 1. The van der Waals surface area contributed by atoms with Gasteiger partial charge in [0.1, 0.15) is 0 Å². The fourth-order valence-corrected chi connectivity index (χ4v) is 2.43. The van der Waals surface area contributed by atoms with Gasteiger partial charge >= 0.3 is 0 Å². The average molecular weight is 336 g/mol. The highest BCUT2D eigenvalue weighted by atomic mass is 16.5. The number of aromatic nitrogens is 3. The minimum absolute atomic E-state index is 0.0456. The molecule has 0 aliphatic carbocycles. The number of hydrogen-bond donors (Lipinski definition) is 0. The molecule has 0 saturated heterocycles. The summed E-state index contributed by atoms with van der Waals surface area (Å²) in [5.74, 6) is 1.02. The van der Waals surface area contributed by atoms with Gasteiger partial charge in [0.2, 0.25) is 17.6 Å². The molecule has 0 spiro atoms. The summed E-state index contributed by atoms with van der Waals surface area (Å²) >= 11 is 0. The van der Waals surface area contributed by atoms with E-state index in [9.17, 15) is 4.79 Å². The molecule has 0 saturated carbocycles. The standard InChI is InChI=1S/C19H20N4O2/c1-14-3-5-15(6-4-14)13-23(2)18(24)8-7-17-21-19(22-25-17)16-9-11-20-12-10-16/h3-6,9-12H,7-8,13H2,1-2H3. The molecule has 0 N–H and O–H groups in total. The molecule has 3 aromatic rings. The number of hydrogen-bond acceptors (Lipinski definition) is 5. The van der Waals surface area contributed by atoms with E-state index in [0.717, 1.165) is 11.1 Å². The van der Waals surface area contributed by atoms with Crippen molar-refractivity contribution in [1.29, 1.82) is 0 Å². The molecule has 6 nitrogen and oxygen atoms in total. The fraction of sp³-hybridized carbons (Fsp3) is 0.263. The lowest BCUT2D eigenvalue weighted by Crippen LogP contribution is -2.26. The highest BCUT2D eigenvalue weighted by Gasteiger charge is 2.13. The first-order valence-corrected chi connectivity index (χ1v) is 8.14. The first-order valence-electron chi connectivity index (χ1n) is 8.14. The number of carbonyl (C=O) groups excluding carboxylic acids is 1. The molecule has 25 heavy (non-hydrogen) atoms. The molecule has 1 aromatic carbocycles. The Morgan fingerprint density at radius 3 is 2.56 bits per heavy atom. The van der Waals surface area contributed by atoms with Crippen LogP contribution in [0, 0.1) is 6.92 Å². The molecule has 3 rings (SSSR count). The molecule has 6 heteroatoms. The van der Waals surface area contributed by atoms with Crippen LogP contribution in [0.15, 0.2) is 53.3 Å². The van der Waals surface area contributed by atoms with Gasteiger partial charge in [0.25, 0.3) is 0 Å². The quantitative estimate of drug-likeness (QED) is 0.692. The van der Waals surface area contributed by atoms with Crippen LogP contribution < -0.4 is 0 Å². The van der Waals surface area contributed by atoms with Crippen LogP contribution in [0.25, 0.3) is 11.4 Å². The summed E-state index contributed by atoms with van der Waals surface area (Å²) in [6.45, 7) is 2.63. The van der Waals surface area contributed by atoms with E-state index < -0.39 is 0 Å². The molecule has 1 amide bonds. The van der Waals surface area contributed by atoms with E-state index in [4.69, 9.17) is 4.52 Å². The van der Waals surface area contributed by atoms with Crippen LogP contribution in [0.5, 0.6) is 0 Å². The van der Waals surface area contributed by atoms with Crippen molar-refractivity contribution < 1.29 is 9.32 Å². The molecule has 128 valence electrons. The summed E-state index contributed by atoms with van der Waals surface area (Å²) in [5.41, 5.74) is 3.16. The molecule has 0 fully saturated rings.